The fourth-order valence-corrected chi connectivity index (χ4v) is 3.76. The fourth-order valence-electron chi connectivity index (χ4n) is 3.76. The summed E-state index contributed by atoms with van der Waals surface area (Å²) in [6.45, 7) is 2.01. The molecular formula is C19H20N8O. The lowest BCUT2D eigenvalue weighted by atomic mass is 10.1. The molecule has 0 atom stereocenters. The molecule has 28 heavy (non-hydrogen) atoms. The van der Waals surface area contributed by atoms with E-state index in [1.165, 1.54) is 0 Å². The van der Waals surface area contributed by atoms with Crippen LogP contribution >= 0.6 is 0 Å². The number of carbonyl (C=O) groups excluding carboxylic acids is 1. The number of nitrogens with one attached hydrogen (secondary N) is 1. The number of Topliss-reactive ketones (excluding diaryl/α,β-unsaturated/α-hetero) is 1. The van der Waals surface area contributed by atoms with E-state index in [-0.39, 0.29) is 5.78 Å². The number of hydrogen-bond donors (Lipinski definition) is 2. The highest BCUT2D eigenvalue weighted by Crippen LogP contribution is 2.32. The van der Waals surface area contributed by atoms with Gasteiger partial charge in [-0.25, -0.2) is 9.67 Å². The molecule has 0 saturated carbocycles. The smallest absolute Gasteiger partial charge is 0.180 e. The molecule has 3 aromatic rings. The highest BCUT2D eigenvalue weighted by atomic mass is 16.1. The van der Waals surface area contributed by atoms with Crippen molar-refractivity contribution < 1.29 is 4.79 Å². The Balaban J connectivity index is 1.51. The number of fused-ring (bicyclic) bond motifs is 1. The second-order valence-corrected chi connectivity index (χ2v) is 7.03. The third-order valence-corrected chi connectivity index (χ3v) is 5.26. The molecule has 5 rings (SSSR count). The first-order valence-electron chi connectivity index (χ1n) is 9.36. The predicted molar refractivity (Wildman–Crippen MR) is 105 cm³/mol. The zero-order valence-electron chi connectivity index (χ0n) is 15.2. The molecule has 1 saturated heterocycles. The zero-order valence-corrected chi connectivity index (χ0v) is 15.2. The summed E-state index contributed by atoms with van der Waals surface area (Å²) in [7, 11) is 0. The zero-order chi connectivity index (χ0) is 19.1. The first-order valence-corrected chi connectivity index (χ1v) is 9.36. The van der Waals surface area contributed by atoms with Gasteiger partial charge >= 0.3 is 0 Å². The van der Waals surface area contributed by atoms with Crippen LogP contribution in [-0.2, 0) is 0 Å². The van der Waals surface area contributed by atoms with Gasteiger partial charge < -0.3 is 11.1 Å². The van der Waals surface area contributed by atoms with Crippen molar-refractivity contribution in [2.45, 2.75) is 25.3 Å². The van der Waals surface area contributed by atoms with Crippen molar-refractivity contribution in [2.75, 3.05) is 18.8 Å². The topological polar surface area (TPSA) is 116 Å². The van der Waals surface area contributed by atoms with Gasteiger partial charge in [0.15, 0.2) is 17.4 Å². The largest absolute Gasteiger partial charge is 0.382 e. The Morgan fingerprint density at radius 2 is 2.04 bits per heavy atom. The lowest BCUT2D eigenvalue weighted by Crippen LogP contribution is -2.29. The quantitative estimate of drug-likeness (QED) is 0.721. The Morgan fingerprint density at radius 3 is 2.89 bits per heavy atom. The average Bonchev–Trinajstić information content (AvgIpc) is 3.35. The molecule has 0 radical (unpaired) electrons. The van der Waals surface area contributed by atoms with Crippen molar-refractivity contribution in [1.29, 1.82) is 0 Å². The molecule has 1 fully saturated rings. The minimum Gasteiger partial charge on any atom is -0.382 e. The molecule has 142 valence electrons. The van der Waals surface area contributed by atoms with E-state index in [1.54, 1.807) is 23.2 Å². The van der Waals surface area contributed by atoms with Crippen LogP contribution in [0.1, 0.15) is 35.7 Å². The van der Waals surface area contributed by atoms with Crippen LogP contribution in [-0.4, -0.2) is 49.6 Å². The minimum absolute atomic E-state index is 0.0252. The number of nitrogens with two attached hydrogens (primary N) is 1. The minimum atomic E-state index is 0.0252. The third-order valence-electron chi connectivity index (χ3n) is 5.26. The number of anilines is 1. The first-order chi connectivity index (χ1) is 13.7. The van der Waals surface area contributed by atoms with Gasteiger partial charge in [-0.2, -0.15) is 5.10 Å². The van der Waals surface area contributed by atoms with Crippen LogP contribution in [0.15, 0.2) is 35.8 Å². The Morgan fingerprint density at radius 1 is 1.18 bits per heavy atom. The molecule has 0 spiro atoms. The van der Waals surface area contributed by atoms with E-state index in [4.69, 9.17) is 5.73 Å². The third kappa shape index (κ3) is 2.80. The Bertz CT molecular complexity index is 1070. The summed E-state index contributed by atoms with van der Waals surface area (Å²) in [6.07, 6.45) is 11.3. The molecule has 0 bridgehead atoms. The van der Waals surface area contributed by atoms with Gasteiger partial charge in [0.05, 0.1) is 12.2 Å². The van der Waals surface area contributed by atoms with E-state index >= 15 is 0 Å². The number of nitrogens with zero attached hydrogens (tertiary/aromatic N) is 6. The molecule has 5 heterocycles. The standard InChI is InChI=1S/C19H20N8O/c20-18-15(12-9-24-26(10-12)13-1-5-21-6-2-13)11-27(25-18)19-17-14(3-7-23-19)16(28)4-8-22-17/h3,7-11,13,21H,1-2,4-6H2,(H2,20,25). The van der Waals surface area contributed by atoms with Crippen molar-refractivity contribution in [1.82, 2.24) is 29.9 Å². The van der Waals surface area contributed by atoms with Crippen LogP contribution in [0.5, 0.6) is 0 Å². The molecule has 9 nitrogen and oxygen atoms in total. The number of pyridine rings is 1. The van der Waals surface area contributed by atoms with Crippen LogP contribution in [0.3, 0.4) is 0 Å². The van der Waals surface area contributed by atoms with Crippen molar-refractivity contribution in [2.24, 2.45) is 4.99 Å². The van der Waals surface area contributed by atoms with Gasteiger partial charge in [0.25, 0.3) is 0 Å². The highest BCUT2D eigenvalue weighted by molar-refractivity contribution is 6.10. The highest BCUT2D eigenvalue weighted by Gasteiger charge is 2.22. The molecular weight excluding hydrogens is 356 g/mol. The fraction of sp³-hybridized carbons (Fsp3) is 0.316. The summed E-state index contributed by atoms with van der Waals surface area (Å²) < 4.78 is 3.60. The van der Waals surface area contributed by atoms with Crippen LogP contribution in [0.25, 0.3) is 16.9 Å². The van der Waals surface area contributed by atoms with Crippen LogP contribution < -0.4 is 11.1 Å². The van der Waals surface area contributed by atoms with Crippen LogP contribution in [0.4, 0.5) is 11.5 Å². The molecule has 3 aromatic heterocycles. The molecule has 0 amide bonds. The molecule has 0 aliphatic carbocycles. The number of rotatable bonds is 3. The van der Waals surface area contributed by atoms with E-state index in [9.17, 15) is 4.79 Å². The second-order valence-electron chi connectivity index (χ2n) is 7.03. The Kier molecular flexibility index (Phi) is 4.01. The van der Waals surface area contributed by atoms with Gasteiger partial charge in [-0.1, -0.05) is 0 Å². The van der Waals surface area contributed by atoms with E-state index in [2.05, 4.69) is 25.5 Å². The maximum absolute atomic E-state index is 12.1. The van der Waals surface area contributed by atoms with Gasteiger partial charge in [0, 0.05) is 47.9 Å². The summed E-state index contributed by atoms with van der Waals surface area (Å²) in [5.74, 6) is 0.901. The van der Waals surface area contributed by atoms with E-state index in [1.807, 2.05) is 23.3 Å². The van der Waals surface area contributed by atoms with Crippen molar-refractivity contribution in [3.05, 3.63) is 36.4 Å². The normalized spacial score (nSPS) is 17.1. The molecule has 9 heteroatoms. The van der Waals surface area contributed by atoms with Crippen molar-refractivity contribution in [3.63, 3.8) is 0 Å². The van der Waals surface area contributed by atoms with Crippen LogP contribution in [0, 0.1) is 0 Å². The van der Waals surface area contributed by atoms with Crippen molar-refractivity contribution >= 4 is 23.5 Å². The van der Waals surface area contributed by atoms with Gasteiger partial charge in [-0.3, -0.25) is 14.5 Å². The van der Waals surface area contributed by atoms with Gasteiger partial charge in [-0.05, 0) is 32.0 Å². The monoisotopic (exact) mass is 376 g/mol. The van der Waals surface area contributed by atoms with E-state index < -0.39 is 0 Å². The summed E-state index contributed by atoms with van der Waals surface area (Å²) in [5.41, 5.74) is 8.97. The molecule has 3 N–H and O–H groups in total. The molecule has 2 aliphatic rings. The lowest BCUT2D eigenvalue weighted by Gasteiger charge is -2.22. The van der Waals surface area contributed by atoms with Gasteiger partial charge in [0.2, 0.25) is 0 Å². The maximum atomic E-state index is 12.1. The summed E-state index contributed by atoms with van der Waals surface area (Å²) >= 11 is 0. The molecule has 2 aliphatic heterocycles. The maximum Gasteiger partial charge on any atom is 0.180 e. The predicted octanol–water partition coefficient (Wildman–Crippen LogP) is 1.93. The second kappa shape index (κ2) is 6.68. The van der Waals surface area contributed by atoms with Gasteiger partial charge in [0.1, 0.15) is 5.69 Å². The van der Waals surface area contributed by atoms with Crippen molar-refractivity contribution in [3.8, 4) is 16.9 Å². The number of piperidine rings is 1. The summed E-state index contributed by atoms with van der Waals surface area (Å²) in [6, 6.07) is 2.09. The number of aromatic nitrogens is 5. The summed E-state index contributed by atoms with van der Waals surface area (Å²) in [5, 5.41) is 12.3. The number of ketones is 1. The van der Waals surface area contributed by atoms with Gasteiger partial charge in [-0.15, -0.1) is 5.10 Å². The van der Waals surface area contributed by atoms with E-state index in [0.717, 1.165) is 37.1 Å². The number of hydrogen-bond acceptors (Lipinski definition) is 7. The number of carbonyl (C=O) groups is 1. The van der Waals surface area contributed by atoms with Crippen LogP contribution in [0.2, 0.25) is 0 Å². The first kappa shape index (κ1) is 16.8. The average molecular weight is 376 g/mol. The number of nitrogen functional groups attached to an aromatic ring is 1. The Labute approximate surface area is 161 Å². The SMILES string of the molecule is Nc1nn(-c2nccc3c2N=CCC3=O)cc1-c1cnn(C2CCNCC2)c1. The lowest BCUT2D eigenvalue weighted by molar-refractivity contribution is 0.100. The summed E-state index contributed by atoms with van der Waals surface area (Å²) in [4.78, 5) is 20.9. The molecule has 0 unspecified atom stereocenters. The number of aliphatic imine (C=N–C) groups is 1. The Hall–Kier alpha value is -3.33. The van der Waals surface area contributed by atoms with E-state index in [0.29, 0.717) is 35.3 Å². The molecule has 0 aromatic carbocycles.